The Morgan fingerprint density at radius 2 is 1.89 bits per heavy atom. The Morgan fingerprint density at radius 1 is 1.26 bits per heavy atom. The molecule has 1 saturated carbocycles. The maximum Gasteiger partial charge on any atom is 0.314 e. The molecule has 0 aliphatic heterocycles. The second-order valence-corrected chi connectivity index (χ2v) is 5.90. The quantitative estimate of drug-likeness (QED) is 0.633. The summed E-state index contributed by atoms with van der Waals surface area (Å²) in [5.74, 6) is -0.765. The summed E-state index contributed by atoms with van der Waals surface area (Å²) < 4.78 is 0. The molecule has 0 saturated heterocycles. The predicted molar refractivity (Wildman–Crippen MR) is 73.9 cm³/mol. The molecule has 1 unspecified atom stereocenters. The maximum atomic E-state index is 11.7. The summed E-state index contributed by atoms with van der Waals surface area (Å²) in [6.45, 7) is 7.17. The number of rotatable bonds is 8. The van der Waals surface area contributed by atoms with E-state index in [9.17, 15) is 9.59 Å². The van der Waals surface area contributed by atoms with Crippen LogP contribution in [0.1, 0.15) is 46.5 Å². The molecule has 1 fully saturated rings. The van der Waals surface area contributed by atoms with E-state index in [2.05, 4.69) is 24.5 Å². The van der Waals surface area contributed by atoms with Crippen LogP contribution in [0.2, 0.25) is 0 Å². The molecule has 19 heavy (non-hydrogen) atoms. The van der Waals surface area contributed by atoms with E-state index < -0.39 is 11.9 Å². The average Bonchev–Trinajstić information content (AvgIpc) is 3.12. The van der Waals surface area contributed by atoms with Gasteiger partial charge in [0.2, 0.25) is 0 Å². The summed E-state index contributed by atoms with van der Waals surface area (Å²) in [5, 5.41) is 14.5. The monoisotopic (exact) mass is 270 g/mol. The topological polar surface area (TPSA) is 78.4 Å². The van der Waals surface area contributed by atoms with Gasteiger partial charge in [0.1, 0.15) is 0 Å². The van der Waals surface area contributed by atoms with Gasteiger partial charge in [-0.1, -0.05) is 27.2 Å². The van der Waals surface area contributed by atoms with E-state index in [0.717, 1.165) is 6.42 Å². The minimum Gasteiger partial charge on any atom is -0.481 e. The van der Waals surface area contributed by atoms with E-state index in [-0.39, 0.29) is 18.0 Å². The number of urea groups is 1. The van der Waals surface area contributed by atoms with Gasteiger partial charge in [0.15, 0.2) is 0 Å². The fourth-order valence-corrected chi connectivity index (χ4v) is 2.31. The predicted octanol–water partition coefficient (Wildman–Crippen LogP) is 2.22. The largest absolute Gasteiger partial charge is 0.481 e. The Morgan fingerprint density at radius 3 is 2.32 bits per heavy atom. The Bertz CT molecular complexity index is 325. The van der Waals surface area contributed by atoms with Crippen molar-refractivity contribution in [1.29, 1.82) is 0 Å². The molecule has 0 radical (unpaired) electrons. The first kappa shape index (κ1) is 15.8. The highest BCUT2D eigenvalue weighted by molar-refractivity contribution is 5.75. The maximum absolute atomic E-state index is 11.7. The van der Waals surface area contributed by atoms with E-state index in [1.807, 2.05) is 6.92 Å². The molecule has 0 aromatic carbocycles. The highest BCUT2D eigenvalue weighted by Gasteiger charge is 2.45. The third kappa shape index (κ3) is 4.73. The molecule has 1 atom stereocenters. The highest BCUT2D eigenvalue weighted by Crippen LogP contribution is 2.51. The lowest BCUT2D eigenvalue weighted by Crippen LogP contribution is -2.42. The van der Waals surface area contributed by atoms with Crippen LogP contribution in [-0.2, 0) is 4.79 Å². The lowest BCUT2D eigenvalue weighted by molar-refractivity contribution is -0.141. The average molecular weight is 270 g/mol. The van der Waals surface area contributed by atoms with Crippen molar-refractivity contribution in [3.8, 4) is 0 Å². The molecule has 0 heterocycles. The zero-order chi connectivity index (χ0) is 14.5. The molecule has 1 aliphatic rings. The minimum atomic E-state index is -0.844. The van der Waals surface area contributed by atoms with Gasteiger partial charge in [-0.05, 0) is 30.6 Å². The molecule has 5 heteroatoms. The van der Waals surface area contributed by atoms with Gasteiger partial charge in [0.05, 0.1) is 5.92 Å². The van der Waals surface area contributed by atoms with Crippen molar-refractivity contribution in [2.24, 2.45) is 17.3 Å². The summed E-state index contributed by atoms with van der Waals surface area (Å²) in [4.78, 5) is 22.6. The number of carbonyl (C=O) groups excluding carboxylic acids is 1. The van der Waals surface area contributed by atoms with Gasteiger partial charge < -0.3 is 15.7 Å². The number of carboxylic acid groups (broad SMARTS) is 1. The first-order valence-electron chi connectivity index (χ1n) is 7.16. The van der Waals surface area contributed by atoms with Gasteiger partial charge in [-0.15, -0.1) is 0 Å². The van der Waals surface area contributed by atoms with Gasteiger partial charge in [0.25, 0.3) is 0 Å². The highest BCUT2D eigenvalue weighted by atomic mass is 16.4. The Labute approximate surface area is 115 Å². The summed E-state index contributed by atoms with van der Waals surface area (Å²) in [7, 11) is 0. The second-order valence-electron chi connectivity index (χ2n) is 5.90. The summed E-state index contributed by atoms with van der Waals surface area (Å²) in [6, 6.07) is -0.255. The molecule has 1 rings (SSSR count). The van der Waals surface area contributed by atoms with Crippen LogP contribution in [0, 0.1) is 17.3 Å². The van der Waals surface area contributed by atoms with E-state index in [4.69, 9.17) is 5.11 Å². The smallest absolute Gasteiger partial charge is 0.314 e. The summed E-state index contributed by atoms with van der Waals surface area (Å²) in [5.41, 5.74) is 0.271. The summed E-state index contributed by atoms with van der Waals surface area (Å²) in [6.07, 6.45) is 3.72. The van der Waals surface area contributed by atoms with E-state index in [1.54, 1.807) is 0 Å². The standard InChI is InChI=1S/C14H26N2O3/c1-4-5-11(12(17)18)8-15-13(19)16-9-14(6-7-14)10(2)3/h10-11H,4-9H2,1-3H3,(H,17,18)(H2,15,16,19). The molecule has 5 nitrogen and oxygen atoms in total. The molecule has 0 bridgehead atoms. The van der Waals surface area contributed by atoms with E-state index >= 15 is 0 Å². The minimum absolute atomic E-state index is 0.198. The van der Waals surface area contributed by atoms with Crippen LogP contribution in [0.25, 0.3) is 0 Å². The van der Waals surface area contributed by atoms with Crippen LogP contribution >= 0.6 is 0 Å². The van der Waals surface area contributed by atoms with Crippen LogP contribution in [-0.4, -0.2) is 30.2 Å². The number of hydrogen-bond donors (Lipinski definition) is 3. The fraction of sp³-hybridized carbons (Fsp3) is 0.857. The third-order valence-electron chi connectivity index (χ3n) is 4.21. The SMILES string of the molecule is CCCC(CNC(=O)NCC1(C(C)C)CC1)C(=O)O. The molecule has 0 aromatic rings. The molecular formula is C14H26N2O3. The van der Waals surface area contributed by atoms with E-state index in [1.165, 1.54) is 12.8 Å². The van der Waals surface area contributed by atoms with E-state index in [0.29, 0.717) is 18.9 Å². The lowest BCUT2D eigenvalue weighted by atomic mass is 9.92. The zero-order valence-electron chi connectivity index (χ0n) is 12.2. The van der Waals surface area contributed by atoms with Crippen LogP contribution < -0.4 is 10.6 Å². The van der Waals surface area contributed by atoms with Crippen molar-refractivity contribution in [2.75, 3.05) is 13.1 Å². The second kappa shape index (κ2) is 6.78. The van der Waals surface area contributed by atoms with Crippen LogP contribution in [0.3, 0.4) is 0 Å². The van der Waals surface area contributed by atoms with Crippen molar-refractivity contribution in [3.63, 3.8) is 0 Å². The molecular weight excluding hydrogens is 244 g/mol. The number of amides is 2. The number of nitrogens with one attached hydrogen (secondary N) is 2. The zero-order valence-corrected chi connectivity index (χ0v) is 12.2. The molecule has 0 spiro atoms. The van der Waals surface area contributed by atoms with Crippen LogP contribution in [0.5, 0.6) is 0 Å². The molecule has 2 amide bonds. The number of hydrogen-bond acceptors (Lipinski definition) is 2. The Kier molecular flexibility index (Phi) is 5.63. The van der Waals surface area contributed by atoms with Crippen LogP contribution in [0.4, 0.5) is 4.79 Å². The number of carboxylic acids is 1. The molecule has 0 aromatic heterocycles. The van der Waals surface area contributed by atoms with Crippen LogP contribution in [0.15, 0.2) is 0 Å². The number of aliphatic carboxylic acids is 1. The lowest BCUT2D eigenvalue weighted by Gasteiger charge is -2.20. The molecule has 1 aliphatic carbocycles. The van der Waals surface area contributed by atoms with Gasteiger partial charge in [0, 0.05) is 13.1 Å². The molecule has 110 valence electrons. The Balaban J connectivity index is 2.26. The van der Waals surface area contributed by atoms with Gasteiger partial charge in [-0.3, -0.25) is 4.79 Å². The third-order valence-corrected chi connectivity index (χ3v) is 4.21. The van der Waals surface area contributed by atoms with Crippen molar-refractivity contribution >= 4 is 12.0 Å². The number of carbonyl (C=O) groups is 2. The molecule has 3 N–H and O–H groups in total. The normalized spacial score (nSPS) is 17.9. The van der Waals surface area contributed by atoms with Crippen molar-refractivity contribution in [1.82, 2.24) is 10.6 Å². The van der Waals surface area contributed by atoms with Crippen molar-refractivity contribution in [2.45, 2.75) is 46.5 Å². The van der Waals surface area contributed by atoms with Gasteiger partial charge >= 0.3 is 12.0 Å². The first-order chi connectivity index (χ1) is 8.91. The van der Waals surface area contributed by atoms with Crippen molar-refractivity contribution < 1.29 is 14.7 Å². The van der Waals surface area contributed by atoms with Crippen molar-refractivity contribution in [3.05, 3.63) is 0 Å². The Hall–Kier alpha value is -1.26. The summed E-state index contributed by atoms with van der Waals surface area (Å²) >= 11 is 0. The van der Waals surface area contributed by atoms with Gasteiger partial charge in [-0.2, -0.15) is 0 Å². The first-order valence-corrected chi connectivity index (χ1v) is 7.16. The fourth-order valence-electron chi connectivity index (χ4n) is 2.31. The van der Waals surface area contributed by atoms with Gasteiger partial charge in [-0.25, -0.2) is 4.79 Å².